The summed E-state index contributed by atoms with van der Waals surface area (Å²) in [5.74, 6) is 0.471. The van der Waals surface area contributed by atoms with Crippen molar-refractivity contribution in [2.24, 2.45) is 10.4 Å². The number of alkyl halides is 3. The first-order valence-electron chi connectivity index (χ1n) is 8.06. The predicted molar refractivity (Wildman–Crippen MR) is 88.6 cm³/mol. The normalized spacial score (nSPS) is 22.5. The molecule has 2 aliphatic rings. The quantitative estimate of drug-likeness (QED) is 0.850. The Bertz CT molecular complexity index is 683. The number of hydrogen-bond donors (Lipinski definition) is 2. The van der Waals surface area contributed by atoms with E-state index in [2.05, 4.69) is 10.4 Å². The second-order valence-corrected chi connectivity index (χ2v) is 6.64. The number of nitrogens with zero attached hydrogens (tertiary/aromatic N) is 2. The van der Waals surface area contributed by atoms with Gasteiger partial charge in [0.25, 0.3) is 0 Å². The summed E-state index contributed by atoms with van der Waals surface area (Å²) in [6.45, 7) is 3.16. The Morgan fingerprint density at radius 1 is 1.31 bits per heavy atom. The smallest absolute Gasteiger partial charge is 0.390 e. The maximum atomic E-state index is 12.6. The lowest BCUT2D eigenvalue weighted by atomic mass is 9.85. The molecule has 1 atom stereocenters. The Morgan fingerprint density at radius 2 is 1.96 bits per heavy atom. The molecule has 142 valence electrons. The maximum Gasteiger partial charge on any atom is 0.416 e. The Hall–Kier alpha value is -2.10. The van der Waals surface area contributed by atoms with Crippen molar-refractivity contribution in [3.63, 3.8) is 0 Å². The fraction of sp³-hybridized carbons (Fsp3) is 0.471. The number of ether oxygens (including phenoxy) is 2. The molecule has 0 aromatic heterocycles. The lowest BCUT2D eigenvalue weighted by Crippen LogP contribution is -2.50. The zero-order chi connectivity index (χ0) is 18.8. The molecule has 1 fully saturated rings. The van der Waals surface area contributed by atoms with Crippen molar-refractivity contribution < 1.29 is 27.8 Å². The largest absolute Gasteiger partial charge is 0.416 e. The van der Waals surface area contributed by atoms with Gasteiger partial charge in [-0.2, -0.15) is 13.2 Å². The molecular formula is C17H20F3N3O3. The fourth-order valence-corrected chi connectivity index (χ4v) is 2.67. The Labute approximate surface area is 148 Å². The van der Waals surface area contributed by atoms with Crippen LogP contribution in [0.5, 0.6) is 0 Å². The van der Waals surface area contributed by atoms with Crippen molar-refractivity contribution >= 4 is 12.4 Å². The highest BCUT2D eigenvalue weighted by Gasteiger charge is 2.37. The number of hydrazine groups is 1. The van der Waals surface area contributed by atoms with Gasteiger partial charge in [-0.1, -0.05) is 19.1 Å². The standard InChI is InChI=1S/C17H20F3N3O3/c1-16(8-25-11-26-9-16)14(24)7-23-10-21-15(22-23)6-12-2-4-13(5-3-12)17(18,19)20/h2-6,10,14,22,24H,7-9,11H2,1H3. The third-order valence-electron chi connectivity index (χ3n) is 4.34. The van der Waals surface area contributed by atoms with E-state index >= 15 is 0 Å². The maximum absolute atomic E-state index is 12.6. The molecule has 2 heterocycles. The highest BCUT2D eigenvalue weighted by Crippen LogP contribution is 2.29. The van der Waals surface area contributed by atoms with Crippen LogP contribution in [0.4, 0.5) is 13.2 Å². The summed E-state index contributed by atoms with van der Waals surface area (Å²) in [6, 6.07) is 4.80. The van der Waals surface area contributed by atoms with Gasteiger partial charge in [0.05, 0.1) is 31.4 Å². The van der Waals surface area contributed by atoms with E-state index in [0.717, 1.165) is 12.1 Å². The van der Waals surface area contributed by atoms with E-state index in [1.54, 1.807) is 11.1 Å². The number of benzene rings is 1. The summed E-state index contributed by atoms with van der Waals surface area (Å²) >= 11 is 0. The molecule has 0 aliphatic carbocycles. The van der Waals surface area contributed by atoms with E-state index in [0.29, 0.717) is 24.6 Å². The van der Waals surface area contributed by atoms with Crippen LogP contribution in [-0.2, 0) is 15.7 Å². The molecule has 1 saturated heterocycles. The summed E-state index contributed by atoms with van der Waals surface area (Å²) in [5, 5.41) is 12.1. The van der Waals surface area contributed by atoms with Crippen molar-refractivity contribution in [3.8, 4) is 0 Å². The lowest BCUT2D eigenvalue weighted by molar-refractivity contribution is -0.190. The van der Waals surface area contributed by atoms with Crippen molar-refractivity contribution in [2.75, 3.05) is 26.6 Å². The molecule has 6 nitrogen and oxygen atoms in total. The zero-order valence-electron chi connectivity index (χ0n) is 14.2. The molecule has 2 aliphatic heterocycles. The van der Waals surface area contributed by atoms with E-state index < -0.39 is 23.3 Å². The first-order valence-corrected chi connectivity index (χ1v) is 8.06. The van der Waals surface area contributed by atoms with Crippen molar-refractivity contribution in [3.05, 3.63) is 41.2 Å². The number of aliphatic hydroxyl groups excluding tert-OH is 1. The second-order valence-electron chi connectivity index (χ2n) is 6.64. The zero-order valence-corrected chi connectivity index (χ0v) is 14.2. The summed E-state index contributed by atoms with van der Waals surface area (Å²) in [4.78, 5) is 4.16. The van der Waals surface area contributed by atoms with Crippen LogP contribution in [0, 0.1) is 5.41 Å². The molecule has 0 radical (unpaired) electrons. The second kappa shape index (κ2) is 7.26. The van der Waals surface area contributed by atoms with E-state index in [-0.39, 0.29) is 13.3 Å². The number of aliphatic hydroxyl groups is 1. The van der Waals surface area contributed by atoms with Crippen molar-refractivity contribution in [1.29, 1.82) is 0 Å². The van der Waals surface area contributed by atoms with E-state index in [4.69, 9.17) is 9.47 Å². The number of aliphatic imine (C=N–C) groups is 1. The number of hydrogen-bond acceptors (Lipinski definition) is 6. The molecule has 0 amide bonds. The number of halogens is 3. The van der Waals surface area contributed by atoms with Gasteiger partial charge in [-0.25, -0.2) is 4.99 Å². The summed E-state index contributed by atoms with van der Waals surface area (Å²) in [6.07, 6.45) is -1.93. The molecule has 0 spiro atoms. The van der Waals surface area contributed by atoms with Crippen LogP contribution in [-0.4, -0.2) is 49.1 Å². The van der Waals surface area contributed by atoms with E-state index in [9.17, 15) is 18.3 Å². The minimum atomic E-state index is -4.36. The molecule has 1 aromatic rings. The molecular weight excluding hydrogens is 351 g/mol. The average Bonchev–Trinajstić information content (AvgIpc) is 3.02. The van der Waals surface area contributed by atoms with Gasteiger partial charge in [-0.15, -0.1) is 0 Å². The average molecular weight is 371 g/mol. The van der Waals surface area contributed by atoms with E-state index in [1.807, 2.05) is 6.92 Å². The van der Waals surface area contributed by atoms with Crippen LogP contribution in [0.3, 0.4) is 0 Å². The fourth-order valence-electron chi connectivity index (χ4n) is 2.67. The third-order valence-corrected chi connectivity index (χ3v) is 4.34. The molecule has 0 saturated carbocycles. The van der Waals surface area contributed by atoms with Gasteiger partial charge in [0.15, 0.2) is 0 Å². The number of rotatable bonds is 4. The monoisotopic (exact) mass is 371 g/mol. The number of nitrogens with one attached hydrogen (secondary N) is 1. The molecule has 0 bridgehead atoms. The Morgan fingerprint density at radius 3 is 2.58 bits per heavy atom. The highest BCUT2D eigenvalue weighted by molar-refractivity contribution is 5.64. The topological polar surface area (TPSA) is 66.3 Å². The van der Waals surface area contributed by atoms with Gasteiger partial charge >= 0.3 is 6.18 Å². The number of β-amino-alcohol motifs (C(OH)–C–C–N with tert-alkyl or cyclic N) is 1. The van der Waals surface area contributed by atoms with Crippen LogP contribution in [0.1, 0.15) is 18.1 Å². The molecule has 2 N–H and O–H groups in total. The van der Waals surface area contributed by atoms with Gasteiger partial charge in [-0.3, -0.25) is 10.4 Å². The molecule has 1 aromatic carbocycles. The first-order chi connectivity index (χ1) is 12.3. The first kappa shape index (κ1) is 18.7. The van der Waals surface area contributed by atoms with Gasteiger partial charge in [-0.05, 0) is 23.8 Å². The van der Waals surface area contributed by atoms with Crippen LogP contribution in [0.2, 0.25) is 0 Å². The molecule has 26 heavy (non-hydrogen) atoms. The van der Waals surface area contributed by atoms with Gasteiger partial charge < -0.3 is 14.6 Å². The van der Waals surface area contributed by atoms with Crippen molar-refractivity contribution in [2.45, 2.75) is 19.2 Å². The Balaban J connectivity index is 1.58. The molecule has 1 unspecified atom stereocenters. The molecule has 3 rings (SSSR count). The summed E-state index contributed by atoms with van der Waals surface area (Å²) in [5.41, 5.74) is 2.35. The van der Waals surface area contributed by atoms with Gasteiger partial charge in [0, 0.05) is 5.41 Å². The summed E-state index contributed by atoms with van der Waals surface area (Å²) in [7, 11) is 0. The van der Waals surface area contributed by atoms with Gasteiger partial charge in [0.2, 0.25) is 0 Å². The highest BCUT2D eigenvalue weighted by atomic mass is 19.4. The van der Waals surface area contributed by atoms with Crippen LogP contribution in [0.15, 0.2) is 35.1 Å². The minimum Gasteiger partial charge on any atom is -0.390 e. The predicted octanol–water partition coefficient (Wildman–Crippen LogP) is 2.22. The van der Waals surface area contributed by atoms with Crippen LogP contribution in [0.25, 0.3) is 6.08 Å². The lowest BCUT2D eigenvalue weighted by Gasteiger charge is -2.38. The van der Waals surface area contributed by atoms with Gasteiger partial charge in [0.1, 0.15) is 19.0 Å². The molecule has 9 heteroatoms. The van der Waals surface area contributed by atoms with Crippen LogP contribution < -0.4 is 5.43 Å². The third kappa shape index (κ3) is 4.35. The summed E-state index contributed by atoms with van der Waals surface area (Å²) < 4.78 is 48.3. The van der Waals surface area contributed by atoms with Crippen LogP contribution >= 0.6 is 0 Å². The SMILES string of the molecule is CC1(C(O)CN2C=NC(=Cc3ccc(C(F)(F)F)cc3)N2)COCOC1. The van der Waals surface area contributed by atoms with E-state index in [1.165, 1.54) is 18.5 Å². The van der Waals surface area contributed by atoms with Crippen molar-refractivity contribution in [1.82, 2.24) is 10.4 Å². The minimum absolute atomic E-state index is 0.228. The Kier molecular flexibility index (Phi) is 5.22.